The van der Waals surface area contributed by atoms with E-state index in [0.717, 1.165) is 9.35 Å². The van der Waals surface area contributed by atoms with Gasteiger partial charge in [0.25, 0.3) is 0 Å². The van der Waals surface area contributed by atoms with Crippen molar-refractivity contribution in [2.45, 2.75) is 10.6 Å². The molecule has 3 nitrogen and oxygen atoms in total. The molecule has 2 N–H and O–H groups in total. The predicted molar refractivity (Wildman–Crippen MR) is 73.8 cm³/mol. The molecule has 17 heavy (non-hydrogen) atoms. The van der Waals surface area contributed by atoms with Gasteiger partial charge in [-0.2, -0.15) is 0 Å². The van der Waals surface area contributed by atoms with Gasteiger partial charge in [-0.1, -0.05) is 22.0 Å². The summed E-state index contributed by atoms with van der Waals surface area (Å²) in [7, 11) is -3.37. The van der Waals surface area contributed by atoms with Crippen LogP contribution in [-0.2, 0) is 15.6 Å². The second-order valence-electron chi connectivity index (χ2n) is 3.52. The Bertz CT molecular complexity index is 621. The van der Waals surface area contributed by atoms with Crippen molar-refractivity contribution in [1.82, 2.24) is 0 Å². The molecule has 0 saturated carbocycles. The van der Waals surface area contributed by atoms with E-state index < -0.39 is 9.84 Å². The number of hydrogen-bond acceptors (Lipinski definition) is 4. The summed E-state index contributed by atoms with van der Waals surface area (Å²) in [6, 6.07) is 8.44. The number of sulfone groups is 1. The summed E-state index contributed by atoms with van der Waals surface area (Å²) in [4.78, 5) is 1.00. The minimum absolute atomic E-state index is 0.00347. The standard InChI is InChI=1S/C11H10BrNO2S2/c12-8-3-4-11(10(13)6-8)17(14,15)7-9-2-1-5-16-9/h1-6H,7,13H2. The predicted octanol–water partition coefficient (Wildman–Crippen LogP) is 3.07. The fraction of sp³-hybridized carbons (Fsp3) is 0.0909. The SMILES string of the molecule is Nc1cc(Br)ccc1S(=O)(=O)Cc1cccs1. The highest BCUT2D eigenvalue weighted by Gasteiger charge is 2.18. The van der Waals surface area contributed by atoms with E-state index in [1.54, 1.807) is 18.2 Å². The maximum atomic E-state index is 12.1. The molecule has 0 saturated heterocycles. The van der Waals surface area contributed by atoms with E-state index in [2.05, 4.69) is 15.9 Å². The van der Waals surface area contributed by atoms with Crippen molar-refractivity contribution in [3.63, 3.8) is 0 Å². The first-order valence-electron chi connectivity index (χ1n) is 4.79. The van der Waals surface area contributed by atoms with Gasteiger partial charge in [0, 0.05) is 9.35 Å². The van der Waals surface area contributed by atoms with Crippen LogP contribution < -0.4 is 5.73 Å². The largest absolute Gasteiger partial charge is 0.398 e. The average molecular weight is 332 g/mol. The molecule has 0 aliphatic heterocycles. The van der Waals surface area contributed by atoms with Gasteiger partial charge >= 0.3 is 0 Å². The fourth-order valence-electron chi connectivity index (χ4n) is 1.46. The number of rotatable bonds is 3. The van der Waals surface area contributed by atoms with E-state index >= 15 is 0 Å². The molecule has 0 amide bonds. The Balaban J connectivity index is 2.38. The molecular weight excluding hydrogens is 322 g/mol. The molecular formula is C11H10BrNO2S2. The Labute approximate surface area is 112 Å². The Morgan fingerprint density at radius 1 is 1.29 bits per heavy atom. The third-order valence-corrected chi connectivity index (χ3v) is 5.50. The molecule has 2 rings (SSSR count). The first-order valence-corrected chi connectivity index (χ1v) is 8.12. The molecule has 90 valence electrons. The number of nitrogens with two attached hydrogens (primary N) is 1. The number of benzene rings is 1. The van der Waals surface area contributed by atoms with Crippen LogP contribution in [0.1, 0.15) is 4.88 Å². The van der Waals surface area contributed by atoms with Crippen molar-refractivity contribution in [2.75, 3.05) is 5.73 Å². The zero-order chi connectivity index (χ0) is 12.5. The second kappa shape index (κ2) is 4.80. The van der Waals surface area contributed by atoms with Gasteiger partial charge in [-0.25, -0.2) is 8.42 Å². The van der Waals surface area contributed by atoms with Crippen LogP contribution in [0.3, 0.4) is 0 Å². The molecule has 1 aromatic heterocycles. The van der Waals surface area contributed by atoms with Gasteiger partial charge in [0.05, 0.1) is 16.3 Å². The van der Waals surface area contributed by atoms with Gasteiger partial charge in [0.2, 0.25) is 0 Å². The van der Waals surface area contributed by atoms with Crippen molar-refractivity contribution in [2.24, 2.45) is 0 Å². The van der Waals surface area contributed by atoms with Crippen LogP contribution in [0.4, 0.5) is 5.69 Å². The van der Waals surface area contributed by atoms with Crippen LogP contribution in [0, 0.1) is 0 Å². The van der Waals surface area contributed by atoms with Crippen LogP contribution in [0.5, 0.6) is 0 Å². The number of nitrogen functional groups attached to an aromatic ring is 1. The Hall–Kier alpha value is -0.850. The van der Waals surface area contributed by atoms with Crippen molar-refractivity contribution in [3.05, 3.63) is 45.1 Å². The smallest absolute Gasteiger partial charge is 0.185 e. The molecule has 1 heterocycles. The Kier molecular flexibility index (Phi) is 3.56. The molecule has 0 unspecified atom stereocenters. The lowest BCUT2D eigenvalue weighted by molar-refractivity contribution is 0.596. The van der Waals surface area contributed by atoms with Crippen LogP contribution in [-0.4, -0.2) is 8.42 Å². The minimum atomic E-state index is -3.37. The van der Waals surface area contributed by atoms with Crippen LogP contribution in [0.15, 0.2) is 45.1 Å². The molecule has 2 aromatic rings. The van der Waals surface area contributed by atoms with Crippen molar-refractivity contribution >= 4 is 42.8 Å². The van der Waals surface area contributed by atoms with E-state index in [9.17, 15) is 8.42 Å². The lowest BCUT2D eigenvalue weighted by Gasteiger charge is -2.06. The van der Waals surface area contributed by atoms with Crippen LogP contribution in [0.2, 0.25) is 0 Å². The maximum Gasteiger partial charge on any atom is 0.185 e. The van der Waals surface area contributed by atoms with E-state index in [1.807, 2.05) is 11.4 Å². The highest BCUT2D eigenvalue weighted by molar-refractivity contribution is 9.10. The lowest BCUT2D eigenvalue weighted by atomic mass is 10.3. The molecule has 0 fully saturated rings. The summed E-state index contributed by atoms with van der Waals surface area (Å²) < 4.78 is 25.1. The zero-order valence-electron chi connectivity index (χ0n) is 8.76. The van der Waals surface area contributed by atoms with Crippen molar-refractivity contribution < 1.29 is 8.42 Å². The van der Waals surface area contributed by atoms with Crippen molar-refractivity contribution in [1.29, 1.82) is 0 Å². The van der Waals surface area contributed by atoms with Crippen molar-refractivity contribution in [3.8, 4) is 0 Å². The normalized spacial score (nSPS) is 11.6. The first kappa shape index (κ1) is 12.6. The summed E-state index contributed by atoms with van der Waals surface area (Å²) in [6.07, 6.45) is 0. The van der Waals surface area contributed by atoms with Gasteiger partial charge in [-0.15, -0.1) is 11.3 Å². The molecule has 0 aliphatic carbocycles. The summed E-state index contributed by atoms with van der Waals surface area (Å²) in [6.45, 7) is 0. The number of halogens is 1. The average Bonchev–Trinajstić information content (AvgIpc) is 2.68. The highest BCUT2D eigenvalue weighted by atomic mass is 79.9. The Morgan fingerprint density at radius 2 is 2.06 bits per heavy atom. The van der Waals surface area contributed by atoms with E-state index in [-0.39, 0.29) is 16.3 Å². The van der Waals surface area contributed by atoms with Gasteiger partial charge in [-0.05, 0) is 29.6 Å². The van der Waals surface area contributed by atoms with Crippen LogP contribution >= 0.6 is 27.3 Å². The number of thiophene rings is 1. The highest BCUT2D eigenvalue weighted by Crippen LogP contribution is 2.26. The molecule has 0 aliphatic rings. The molecule has 0 bridgehead atoms. The van der Waals surface area contributed by atoms with E-state index in [0.29, 0.717) is 0 Å². The summed E-state index contributed by atoms with van der Waals surface area (Å²) in [5.41, 5.74) is 6.00. The topological polar surface area (TPSA) is 60.2 Å². The molecule has 6 heteroatoms. The molecule has 1 aromatic carbocycles. The first-order chi connectivity index (χ1) is 7.99. The monoisotopic (exact) mass is 331 g/mol. The molecule has 0 radical (unpaired) electrons. The van der Waals surface area contributed by atoms with Gasteiger partial charge in [0.15, 0.2) is 9.84 Å². The van der Waals surface area contributed by atoms with Gasteiger partial charge in [-0.3, -0.25) is 0 Å². The zero-order valence-corrected chi connectivity index (χ0v) is 12.0. The Morgan fingerprint density at radius 3 is 2.65 bits per heavy atom. The molecule has 0 spiro atoms. The lowest BCUT2D eigenvalue weighted by Crippen LogP contribution is -2.07. The third-order valence-electron chi connectivity index (χ3n) is 2.22. The van der Waals surface area contributed by atoms with E-state index in [4.69, 9.17) is 5.73 Å². The fourth-order valence-corrected chi connectivity index (χ4v) is 4.39. The maximum absolute atomic E-state index is 12.1. The second-order valence-corrected chi connectivity index (χ2v) is 7.43. The van der Waals surface area contributed by atoms with E-state index in [1.165, 1.54) is 17.4 Å². The number of anilines is 1. The minimum Gasteiger partial charge on any atom is -0.398 e. The quantitative estimate of drug-likeness (QED) is 0.879. The van der Waals surface area contributed by atoms with Gasteiger partial charge in [0.1, 0.15) is 0 Å². The molecule has 0 atom stereocenters. The summed E-state index contributed by atoms with van der Waals surface area (Å²) in [5, 5.41) is 1.86. The summed E-state index contributed by atoms with van der Waals surface area (Å²) >= 11 is 4.68. The van der Waals surface area contributed by atoms with Crippen LogP contribution in [0.25, 0.3) is 0 Å². The number of hydrogen-bond donors (Lipinski definition) is 1. The van der Waals surface area contributed by atoms with Gasteiger partial charge < -0.3 is 5.73 Å². The summed E-state index contributed by atoms with van der Waals surface area (Å²) in [5.74, 6) is -0.00347. The third kappa shape index (κ3) is 2.88.